The molecule has 3 rings (SSSR count). The highest BCUT2D eigenvalue weighted by molar-refractivity contribution is 5.91. The van der Waals surface area contributed by atoms with Gasteiger partial charge in [-0.2, -0.15) is 0 Å². The molecule has 2 aromatic carbocycles. The maximum absolute atomic E-state index is 11.3. The lowest BCUT2D eigenvalue weighted by atomic mass is 10.1. The maximum Gasteiger partial charge on any atom is 0.267 e. The fourth-order valence-corrected chi connectivity index (χ4v) is 3.82. The Morgan fingerprint density at radius 2 is 2.00 bits per heavy atom. The largest absolute Gasteiger partial charge is 0.363 e. The first-order valence-corrected chi connectivity index (χ1v) is 10.5. The minimum absolute atomic E-state index is 0.250. The summed E-state index contributed by atoms with van der Waals surface area (Å²) in [4.78, 5) is 16.0. The number of anilines is 2. The number of aryl methyl sites for hydroxylation is 1. The molecule has 2 aromatic rings. The van der Waals surface area contributed by atoms with Crippen LogP contribution in [0.5, 0.6) is 0 Å². The number of nitrogens with zero attached hydrogens (tertiary/aromatic N) is 2. The van der Waals surface area contributed by atoms with E-state index >= 15 is 0 Å². The van der Waals surface area contributed by atoms with E-state index in [9.17, 15) is 4.79 Å². The molecule has 3 N–H and O–H groups in total. The molecule has 30 heavy (non-hydrogen) atoms. The van der Waals surface area contributed by atoms with Crippen LogP contribution in [0.1, 0.15) is 30.4 Å². The van der Waals surface area contributed by atoms with Crippen molar-refractivity contribution in [3.8, 4) is 0 Å². The number of amides is 1. The Hall–Kier alpha value is -2.83. The summed E-state index contributed by atoms with van der Waals surface area (Å²) in [6.07, 6.45) is 7.61. The van der Waals surface area contributed by atoms with E-state index in [1.807, 2.05) is 6.07 Å². The molecule has 6 heteroatoms. The van der Waals surface area contributed by atoms with Gasteiger partial charge in [-0.15, -0.1) is 0 Å². The van der Waals surface area contributed by atoms with Gasteiger partial charge in [0.25, 0.3) is 5.91 Å². The van der Waals surface area contributed by atoms with Crippen LogP contribution in [0.2, 0.25) is 0 Å². The number of rotatable bonds is 10. The van der Waals surface area contributed by atoms with Crippen molar-refractivity contribution in [2.75, 3.05) is 37.4 Å². The van der Waals surface area contributed by atoms with Crippen molar-refractivity contribution in [3.63, 3.8) is 0 Å². The lowest BCUT2D eigenvalue weighted by Gasteiger charge is -2.27. The highest BCUT2D eigenvalue weighted by Crippen LogP contribution is 2.37. The molecule has 1 atom stereocenters. The van der Waals surface area contributed by atoms with E-state index in [4.69, 9.17) is 5.21 Å². The molecule has 0 saturated carbocycles. The van der Waals surface area contributed by atoms with Crippen LogP contribution in [0.25, 0.3) is 6.08 Å². The summed E-state index contributed by atoms with van der Waals surface area (Å²) in [6.45, 7) is 2.11. The van der Waals surface area contributed by atoms with Gasteiger partial charge in [0.1, 0.15) is 0 Å². The Labute approximate surface area is 179 Å². The summed E-state index contributed by atoms with van der Waals surface area (Å²) in [5.41, 5.74) is 6.18. The van der Waals surface area contributed by atoms with Crippen molar-refractivity contribution in [1.29, 1.82) is 0 Å². The third kappa shape index (κ3) is 6.08. The van der Waals surface area contributed by atoms with E-state index in [0.717, 1.165) is 43.6 Å². The van der Waals surface area contributed by atoms with Crippen molar-refractivity contribution in [2.45, 2.75) is 31.8 Å². The molecule has 1 aliphatic rings. The number of benzene rings is 2. The zero-order chi connectivity index (χ0) is 21.3. The molecule has 1 heterocycles. The second-order valence-electron chi connectivity index (χ2n) is 7.97. The summed E-state index contributed by atoms with van der Waals surface area (Å²) in [6, 6.07) is 16.8. The van der Waals surface area contributed by atoms with Gasteiger partial charge in [-0.1, -0.05) is 36.4 Å². The molecule has 1 amide bonds. The zero-order valence-corrected chi connectivity index (χ0v) is 17.8. The fraction of sp³-hybridized carbons (Fsp3) is 0.375. The summed E-state index contributed by atoms with van der Waals surface area (Å²) in [7, 11) is 4.23. The van der Waals surface area contributed by atoms with E-state index in [0.29, 0.717) is 0 Å². The molecule has 0 radical (unpaired) electrons. The third-order valence-electron chi connectivity index (χ3n) is 5.37. The van der Waals surface area contributed by atoms with Gasteiger partial charge in [0, 0.05) is 12.6 Å². The first kappa shape index (κ1) is 21.9. The molecule has 0 aliphatic carbocycles. The summed E-state index contributed by atoms with van der Waals surface area (Å²) in [5, 5.41) is 12.3. The Morgan fingerprint density at radius 3 is 2.73 bits per heavy atom. The normalized spacial score (nSPS) is 15.5. The van der Waals surface area contributed by atoms with Gasteiger partial charge >= 0.3 is 0 Å². The van der Waals surface area contributed by atoms with E-state index in [2.05, 4.69) is 71.7 Å². The van der Waals surface area contributed by atoms with Gasteiger partial charge < -0.3 is 15.1 Å². The molecule has 160 valence electrons. The molecule has 6 nitrogen and oxygen atoms in total. The van der Waals surface area contributed by atoms with Crippen molar-refractivity contribution >= 4 is 23.4 Å². The highest BCUT2D eigenvalue weighted by atomic mass is 16.5. The van der Waals surface area contributed by atoms with E-state index < -0.39 is 5.91 Å². The summed E-state index contributed by atoms with van der Waals surface area (Å²) >= 11 is 0. The Balaban J connectivity index is 1.71. The fourth-order valence-electron chi connectivity index (χ4n) is 3.82. The zero-order valence-electron chi connectivity index (χ0n) is 17.8. The van der Waals surface area contributed by atoms with Crippen LogP contribution in [-0.4, -0.2) is 49.4 Å². The molecule has 0 spiro atoms. The van der Waals surface area contributed by atoms with Crippen molar-refractivity contribution in [2.24, 2.45) is 0 Å². The third-order valence-corrected chi connectivity index (χ3v) is 5.37. The second kappa shape index (κ2) is 10.8. The highest BCUT2D eigenvalue weighted by Gasteiger charge is 2.28. The SMILES string of the molecule is CN(C)CCCCN1c2ccc(C=CC(=O)NO)cc2NC1CCc1ccccc1. The number of fused-ring (bicyclic) bond motifs is 1. The Morgan fingerprint density at radius 1 is 1.20 bits per heavy atom. The lowest BCUT2D eigenvalue weighted by Crippen LogP contribution is -2.37. The number of nitrogens with one attached hydrogen (secondary N) is 2. The van der Waals surface area contributed by atoms with Gasteiger partial charge in [-0.3, -0.25) is 10.0 Å². The topological polar surface area (TPSA) is 67.8 Å². The van der Waals surface area contributed by atoms with Crippen LogP contribution in [0, 0.1) is 0 Å². The van der Waals surface area contributed by atoms with Crippen molar-refractivity contribution in [3.05, 3.63) is 65.7 Å². The standard InChI is InChI=1S/C24H32N4O2/c1-27(2)16-6-7-17-28-22-13-10-20(12-15-24(29)26-30)18-21(22)25-23(28)14-11-19-8-4-3-5-9-19/h3-5,8-10,12-13,15,18,23,25,30H,6-7,11,14,16-17H2,1-2H3,(H,26,29). The number of hydrogen-bond acceptors (Lipinski definition) is 5. The lowest BCUT2D eigenvalue weighted by molar-refractivity contribution is -0.124. The quantitative estimate of drug-likeness (QED) is 0.242. The molecule has 0 bridgehead atoms. The second-order valence-corrected chi connectivity index (χ2v) is 7.97. The molecule has 1 unspecified atom stereocenters. The van der Waals surface area contributed by atoms with Gasteiger partial charge in [-0.25, -0.2) is 5.48 Å². The number of carbonyl (C=O) groups is 1. The number of hydroxylamine groups is 1. The van der Waals surface area contributed by atoms with Gasteiger partial charge in [0.2, 0.25) is 0 Å². The average Bonchev–Trinajstić information content (AvgIpc) is 3.10. The van der Waals surface area contributed by atoms with Crippen LogP contribution in [0.3, 0.4) is 0 Å². The molecule has 0 fully saturated rings. The molecule has 0 saturated heterocycles. The van der Waals surface area contributed by atoms with E-state index in [-0.39, 0.29) is 6.17 Å². The van der Waals surface area contributed by atoms with Crippen LogP contribution < -0.4 is 15.7 Å². The molecular weight excluding hydrogens is 376 g/mol. The van der Waals surface area contributed by atoms with Crippen molar-refractivity contribution in [1.82, 2.24) is 10.4 Å². The monoisotopic (exact) mass is 408 g/mol. The average molecular weight is 409 g/mol. The smallest absolute Gasteiger partial charge is 0.267 e. The van der Waals surface area contributed by atoms with E-state index in [1.165, 1.54) is 23.7 Å². The predicted molar refractivity (Wildman–Crippen MR) is 123 cm³/mol. The van der Waals surface area contributed by atoms with Gasteiger partial charge in [-0.05, 0) is 75.7 Å². The summed E-state index contributed by atoms with van der Waals surface area (Å²) in [5.74, 6) is -0.535. The number of hydrogen-bond donors (Lipinski definition) is 3. The summed E-state index contributed by atoms with van der Waals surface area (Å²) < 4.78 is 0. The molecule has 1 aliphatic heterocycles. The molecular formula is C24H32N4O2. The van der Waals surface area contributed by atoms with Crippen LogP contribution in [0.15, 0.2) is 54.6 Å². The van der Waals surface area contributed by atoms with Crippen molar-refractivity contribution < 1.29 is 10.0 Å². The number of carbonyl (C=O) groups excluding carboxylic acids is 1. The van der Waals surface area contributed by atoms with Crippen LogP contribution in [0.4, 0.5) is 11.4 Å². The minimum atomic E-state index is -0.535. The van der Waals surface area contributed by atoms with Gasteiger partial charge in [0.15, 0.2) is 0 Å². The minimum Gasteiger partial charge on any atom is -0.363 e. The predicted octanol–water partition coefficient (Wildman–Crippen LogP) is 3.74. The Kier molecular flexibility index (Phi) is 7.88. The van der Waals surface area contributed by atoms with E-state index in [1.54, 1.807) is 11.6 Å². The maximum atomic E-state index is 11.3. The Bertz CT molecular complexity index is 852. The van der Waals surface area contributed by atoms with Crippen LogP contribution in [-0.2, 0) is 11.2 Å². The van der Waals surface area contributed by atoms with Crippen LogP contribution >= 0.6 is 0 Å². The first-order chi connectivity index (χ1) is 14.6. The molecule has 0 aromatic heterocycles. The number of unbranched alkanes of at least 4 members (excludes halogenated alkanes) is 1. The van der Waals surface area contributed by atoms with Gasteiger partial charge in [0.05, 0.1) is 17.5 Å². The first-order valence-electron chi connectivity index (χ1n) is 10.5.